The van der Waals surface area contributed by atoms with Crippen molar-refractivity contribution in [2.24, 2.45) is 17.8 Å². The highest BCUT2D eigenvalue weighted by atomic mass is 16.7. The van der Waals surface area contributed by atoms with Gasteiger partial charge in [-0.2, -0.15) is 0 Å². The van der Waals surface area contributed by atoms with Crippen LogP contribution in [0.2, 0.25) is 0 Å². The number of aliphatic hydroxyl groups is 3. The molecule has 0 saturated carbocycles. The number of ether oxygens (including phenoxy) is 8. The first-order valence-corrected chi connectivity index (χ1v) is 20.9. The molecule has 3 saturated heterocycles. The van der Waals surface area contributed by atoms with Crippen LogP contribution >= 0.6 is 0 Å². The fraction of sp³-hybridized carbons (Fsp3) is 0.929. The topological polar surface area (TPSA) is 192 Å². The summed E-state index contributed by atoms with van der Waals surface area (Å²) in [5, 5.41) is 35.9. The summed E-state index contributed by atoms with van der Waals surface area (Å²) in [4.78, 5) is 43.4. The van der Waals surface area contributed by atoms with Gasteiger partial charge in [0.2, 0.25) is 0 Å². The first-order chi connectivity index (χ1) is 26.7. The number of methoxy groups -OCH3 is 1. The third-order valence-corrected chi connectivity index (χ3v) is 12.7. The van der Waals surface area contributed by atoms with E-state index in [0.29, 0.717) is 13.0 Å². The van der Waals surface area contributed by atoms with E-state index in [1.807, 2.05) is 58.6 Å². The van der Waals surface area contributed by atoms with E-state index in [9.17, 15) is 29.7 Å². The van der Waals surface area contributed by atoms with Crippen molar-refractivity contribution < 1.29 is 67.6 Å². The minimum absolute atomic E-state index is 0.0990. The van der Waals surface area contributed by atoms with E-state index < -0.39 is 108 Å². The van der Waals surface area contributed by atoms with Crippen molar-refractivity contribution in [1.82, 2.24) is 9.80 Å². The van der Waals surface area contributed by atoms with Crippen LogP contribution in [0.3, 0.4) is 0 Å². The van der Waals surface area contributed by atoms with Crippen LogP contribution in [-0.4, -0.2) is 168 Å². The molecular weight excluding hydrogens is 756 g/mol. The third-order valence-electron chi connectivity index (χ3n) is 12.7. The third kappa shape index (κ3) is 11.9. The van der Waals surface area contributed by atoms with Crippen molar-refractivity contribution >= 4 is 17.9 Å². The molecule has 1 unspecified atom stereocenters. The molecule has 3 N–H and O–H groups in total. The predicted octanol–water partition coefficient (Wildman–Crippen LogP) is 3.04. The number of likely N-dealkylation sites (N-methyl/N-ethyl adjacent to an activating group) is 2. The number of aliphatic hydroxyl groups excluding tert-OH is 1. The Labute approximate surface area is 346 Å². The highest BCUT2D eigenvalue weighted by Crippen LogP contribution is 2.40. The first-order valence-electron chi connectivity index (χ1n) is 20.9. The van der Waals surface area contributed by atoms with Crippen LogP contribution in [0.25, 0.3) is 0 Å². The lowest BCUT2D eigenvalue weighted by atomic mass is 9.77. The standard InChI is InChI=1S/C42H76N2O14/c1-17-31-42(12,50)37(55-29(9)46)26(6)44(15)21-22(2)19-40(10,49)36(58-39-34(54-28(8)45)30(43(13)14)18-23(3)52-39)24(4)33(25(5)38(48)56-31)57-32-20-41(11,51-16)35(47)27(7)53-32/h22-27,30-37,39,47,49-50H,17-21H2,1-16H3/t22-,23-,24+,25-,26-,27+,30?,31-,32+,33+,34-,35+,36-,37-,39+,40-,41-,42-/m1/s1. The van der Waals surface area contributed by atoms with Crippen LogP contribution in [0.4, 0.5) is 0 Å². The maximum atomic E-state index is 14.5. The Bertz CT molecular complexity index is 1360. The summed E-state index contributed by atoms with van der Waals surface area (Å²) in [6.45, 7) is 20.5. The van der Waals surface area contributed by atoms with Crippen molar-refractivity contribution in [1.29, 1.82) is 0 Å². The molecule has 0 spiro atoms. The van der Waals surface area contributed by atoms with E-state index in [1.165, 1.54) is 27.9 Å². The van der Waals surface area contributed by atoms with E-state index in [1.54, 1.807) is 34.6 Å². The van der Waals surface area contributed by atoms with E-state index in [-0.39, 0.29) is 37.3 Å². The monoisotopic (exact) mass is 833 g/mol. The van der Waals surface area contributed by atoms with Gasteiger partial charge in [0.05, 0.1) is 47.6 Å². The van der Waals surface area contributed by atoms with Crippen LogP contribution in [0, 0.1) is 17.8 Å². The Kier molecular flexibility index (Phi) is 17.6. The molecule has 18 atom stereocenters. The van der Waals surface area contributed by atoms with Crippen LogP contribution in [0.15, 0.2) is 0 Å². The van der Waals surface area contributed by atoms with Crippen LogP contribution in [0.5, 0.6) is 0 Å². The smallest absolute Gasteiger partial charge is 0.311 e. The molecule has 0 radical (unpaired) electrons. The van der Waals surface area contributed by atoms with Gasteiger partial charge in [-0.25, -0.2) is 0 Å². The quantitative estimate of drug-likeness (QED) is 0.227. The van der Waals surface area contributed by atoms with Crippen molar-refractivity contribution in [3.63, 3.8) is 0 Å². The van der Waals surface area contributed by atoms with Crippen molar-refractivity contribution in [3.8, 4) is 0 Å². The minimum Gasteiger partial charge on any atom is -0.459 e. The molecule has 3 rings (SSSR count). The second-order valence-corrected chi connectivity index (χ2v) is 18.3. The lowest BCUT2D eigenvalue weighted by molar-refractivity contribution is -0.318. The molecule has 16 nitrogen and oxygen atoms in total. The highest BCUT2D eigenvalue weighted by Gasteiger charge is 2.54. The number of esters is 3. The predicted molar refractivity (Wildman–Crippen MR) is 213 cm³/mol. The lowest BCUT2D eigenvalue weighted by Crippen LogP contribution is -2.61. The van der Waals surface area contributed by atoms with Gasteiger partial charge in [0, 0.05) is 45.9 Å². The minimum atomic E-state index is -1.83. The first kappa shape index (κ1) is 50.4. The molecule has 0 amide bonds. The van der Waals surface area contributed by atoms with E-state index in [4.69, 9.17) is 37.9 Å². The second-order valence-electron chi connectivity index (χ2n) is 18.3. The average molecular weight is 833 g/mol. The van der Waals surface area contributed by atoms with Crippen molar-refractivity contribution in [2.45, 2.75) is 199 Å². The van der Waals surface area contributed by atoms with Gasteiger partial charge in [-0.05, 0) is 94.8 Å². The van der Waals surface area contributed by atoms with E-state index in [0.717, 1.165) is 0 Å². The van der Waals surface area contributed by atoms with Gasteiger partial charge in [0.25, 0.3) is 0 Å². The number of hydrogen-bond acceptors (Lipinski definition) is 16. The van der Waals surface area contributed by atoms with Crippen molar-refractivity contribution in [3.05, 3.63) is 0 Å². The number of hydrogen-bond donors (Lipinski definition) is 3. The zero-order valence-corrected chi connectivity index (χ0v) is 37.9. The van der Waals surface area contributed by atoms with Crippen LogP contribution in [0.1, 0.15) is 109 Å². The van der Waals surface area contributed by atoms with Gasteiger partial charge >= 0.3 is 17.9 Å². The van der Waals surface area contributed by atoms with E-state index in [2.05, 4.69) is 0 Å². The molecule has 0 aromatic rings. The molecule has 58 heavy (non-hydrogen) atoms. The van der Waals surface area contributed by atoms with Crippen LogP contribution < -0.4 is 0 Å². The SMILES string of the molecule is CC[C@H]1OC(=O)[C@H](C)[C@@H](O[C@H]2C[C@@](C)(OC)[C@@H](O)[C@H](C)O2)[C@H](C)[C@@H](O[C@@H]2O[C@H](C)CC(N(C)C)[C@H]2OC(C)=O)[C@](C)(O)C[C@@H](C)CN(C)[C@H](C)[C@@H](OC(C)=O)[C@]1(C)O. The Morgan fingerprint density at radius 2 is 1.52 bits per heavy atom. The largest absolute Gasteiger partial charge is 0.459 e. The molecule has 3 fully saturated rings. The molecular formula is C42H76N2O14. The van der Waals surface area contributed by atoms with Gasteiger partial charge in [-0.3, -0.25) is 19.3 Å². The lowest BCUT2D eigenvalue weighted by Gasteiger charge is -2.49. The number of carbonyl (C=O) groups excluding carboxylic acids is 3. The number of rotatable bonds is 9. The summed E-state index contributed by atoms with van der Waals surface area (Å²) < 4.78 is 49.9. The molecule has 0 bridgehead atoms. The van der Waals surface area contributed by atoms with Crippen LogP contribution in [-0.2, 0) is 52.3 Å². The second kappa shape index (κ2) is 20.3. The fourth-order valence-corrected chi connectivity index (χ4v) is 9.42. The summed E-state index contributed by atoms with van der Waals surface area (Å²) in [6.07, 6.45) is -8.35. The summed E-state index contributed by atoms with van der Waals surface area (Å²) >= 11 is 0. The fourth-order valence-electron chi connectivity index (χ4n) is 9.42. The molecule has 16 heteroatoms. The van der Waals surface area contributed by atoms with Gasteiger partial charge in [-0.1, -0.05) is 20.8 Å². The average Bonchev–Trinajstić information content (AvgIpc) is 3.11. The van der Waals surface area contributed by atoms with Gasteiger partial charge in [0.1, 0.15) is 23.9 Å². The number of cyclic esters (lactones) is 1. The van der Waals surface area contributed by atoms with E-state index >= 15 is 0 Å². The van der Waals surface area contributed by atoms with Gasteiger partial charge in [0.15, 0.2) is 18.7 Å². The zero-order valence-electron chi connectivity index (χ0n) is 37.9. The number of carbonyl (C=O) groups is 3. The van der Waals surface area contributed by atoms with Gasteiger partial charge < -0.3 is 58.1 Å². The number of nitrogens with zero attached hydrogens (tertiary/aromatic N) is 2. The zero-order chi connectivity index (χ0) is 44.2. The molecule has 3 aliphatic rings. The summed E-state index contributed by atoms with van der Waals surface area (Å²) in [5.41, 5.74) is -4.51. The molecule has 3 aliphatic heterocycles. The molecule has 0 aromatic carbocycles. The molecule has 3 heterocycles. The summed E-state index contributed by atoms with van der Waals surface area (Å²) in [6, 6.07) is -0.835. The molecule has 0 aliphatic carbocycles. The maximum Gasteiger partial charge on any atom is 0.311 e. The Balaban J connectivity index is 2.26. The summed E-state index contributed by atoms with van der Waals surface area (Å²) in [7, 11) is 7.11. The maximum absolute atomic E-state index is 14.5. The molecule has 0 aromatic heterocycles. The van der Waals surface area contributed by atoms with Gasteiger partial charge in [-0.15, -0.1) is 0 Å². The normalized spacial score (nSPS) is 45.4. The Morgan fingerprint density at radius 3 is 2.05 bits per heavy atom. The summed E-state index contributed by atoms with van der Waals surface area (Å²) in [5.74, 6) is -3.93. The Morgan fingerprint density at radius 1 is 0.914 bits per heavy atom. The molecule has 338 valence electrons. The highest BCUT2D eigenvalue weighted by molar-refractivity contribution is 5.73. The van der Waals surface area contributed by atoms with Crippen molar-refractivity contribution in [2.75, 3.05) is 34.8 Å². The Hall–Kier alpha value is -1.99.